The van der Waals surface area contributed by atoms with E-state index in [1.807, 2.05) is 4.90 Å². The molecule has 1 N–H and O–H groups in total. The van der Waals surface area contributed by atoms with Crippen LogP contribution < -0.4 is 4.90 Å². The van der Waals surface area contributed by atoms with Crippen LogP contribution in [0.4, 0.5) is 5.82 Å². The molecule has 8 heteroatoms. The Hall–Kier alpha value is -2.48. The Kier molecular flexibility index (Phi) is 4.24. The normalized spacial score (nSPS) is 17.2. The molecule has 1 unspecified atom stereocenters. The lowest BCUT2D eigenvalue weighted by Gasteiger charge is -2.38. The van der Waals surface area contributed by atoms with Crippen molar-refractivity contribution in [3.8, 4) is 0 Å². The number of nitrogens with zero attached hydrogens (tertiary/aromatic N) is 5. The maximum absolute atomic E-state index is 11.8. The first kappa shape index (κ1) is 15.4. The number of hydrogen-bond donors (Lipinski definition) is 1. The van der Waals surface area contributed by atoms with Gasteiger partial charge in [-0.15, -0.1) is 0 Å². The van der Waals surface area contributed by atoms with E-state index in [4.69, 9.17) is 4.52 Å². The number of carboxylic acid groups (broad SMARTS) is 1. The average molecular weight is 317 g/mol. The molecule has 1 aliphatic rings. The fourth-order valence-electron chi connectivity index (χ4n) is 3.01. The molecule has 0 aromatic carbocycles. The van der Waals surface area contributed by atoms with E-state index in [1.165, 1.54) is 0 Å². The largest absolute Gasteiger partial charge is 0.480 e. The molecule has 1 aliphatic heterocycles. The first-order valence-electron chi connectivity index (χ1n) is 7.48. The molecular weight excluding hydrogens is 298 g/mol. The Morgan fingerprint density at radius 2 is 2.00 bits per heavy atom. The molecule has 8 nitrogen and oxygen atoms in total. The highest BCUT2D eigenvalue weighted by molar-refractivity contribution is 5.76. The molecular formula is C15H19N5O3. The van der Waals surface area contributed by atoms with Gasteiger partial charge in [-0.3, -0.25) is 14.7 Å². The first-order chi connectivity index (χ1) is 11.1. The number of carboxylic acids is 1. The summed E-state index contributed by atoms with van der Waals surface area (Å²) in [7, 11) is 0. The fourth-order valence-corrected chi connectivity index (χ4v) is 3.01. The van der Waals surface area contributed by atoms with Gasteiger partial charge in [-0.2, -0.15) is 0 Å². The summed E-state index contributed by atoms with van der Waals surface area (Å²) < 4.78 is 5.14. The summed E-state index contributed by atoms with van der Waals surface area (Å²) in [4.78, 5) is 24.2. The Bertz CT molecular complexity index is 660. The number of carbonyl (C=O) groups is 1. The summed E-state index contributed by atoms with van der Waals surface area (Å²) in [5, 5.41) is 13.6. The molecule has 1 saturated heterocycles. The zero-order chi connectivity index (χ0) is 16.4. The van der Waals surface area contributed by atoms with E-state index in [-0.39, 0.29) is 0 Å². The van der Waals surface area contributed by atoms with Gasteiger partial charge in [0.15, 0.2) is 0 Å². The summed E-state index contributed by atoms with van der Waals surface area (Å²) in [5.41, 5.74) is 1.29. The second kappa shape index (κ2) is 6.33. The standard InChI is InChI=1S/C15H19N5O3/c1-10-13(11(2)23-18-10)14(15(21)22)20-7-5-19(6-8-20)12-9-16-3-4-17-12/h3-4,9,14H,5-8H2,1-2H3,(H,21,22). The maximum atomic E-state index is 11.8. The minimum Gasteiger partial charge on any atom is -0.480 e. The molecule has 2 aromatic rings. The van der Waals surface area contributed by atoms with Crippen molar-refractivity contribution in [2.75, 3.05) is 31.1 Å². The SMILES string of the molecule is Cc1noc(C)c1C(C(=O)O)N1CCN(c2cnccn2)CC1. The van der Waals surface area contributed by atoms with E-state index in [2.05, 4.69) is 20.0 Å². The minimum absolute atomic E-state index is 0.561. The Labute approximate surface area is 133 Å². The van der Waals surface area contributed by atoms with Crippen molar-refractivity contribution in [3.05, 3.63) is 35.6 Å². The molecule has 0 spiro atoms. The van der Waals surface area contributed by atoms with E-state index < -0.39 is 12.0 Å². The van der Waals surface area contributed by atoms with Gasteiger partial charge in [0.2, 0.25) is 0 Å². The molecule has 3 rings (SSSR count). The van der Waals surface area contributed by atoms with Crippen LogP contribution in [0.5, 0.6) is 0 Å². The fraction of sp³-hybridized carbons (Fsp3) is 0.467. The Morgan fingerprint density at radius 1 is 1.26 bits per heavy atom. The topological polar surface area (TPSA) is 95.6 Å². The van der Waals surface area contributed by atoms with Crippen LogP contribution in [0.3, 0.4) is 0 Å². The number of aliphatic carboxylic acids is 1. The summed E-state index contributed by atoms with van der Waals surface area (Å²) in [5.74, 6) is 0.495. The zero-order valence-electron chi connectivity index (χ0n) is 13.1. The molecule has 0 saturated carbocycles. The van der Waals surface area contributed by atoms with Crippen molar-refractivity contribution in [2.24, 2.45) is 0 Å². The lowest BCUT2D eigenvalue weighted by molar-refractivity contribution is -0.143. The molecule has 23 heavy (non-hydrogen) atoms. The minimum atomic E-state index is -0.882. The van der Waals surface area contributed by atoms with E-state index in [0.29, 0.717) is 43.2 Å². The summed E-state index contributed by atoms with van der Waals surface area (Å²) in [6.07, 6.45) is 5.02. The lowest BCUT2D eigenvalue weighted by atomic mass is 10.0. The van der Waals surface area contributed by atoms with Gasteiger partial charge in [-0.05, 0) is 13.8 Å². The van der Waals surface area contributed by atoms with Crippen LogP contribution in [0, 0.1) is 13.8 Å². The molecule has 1 atom stereocenters. The summed E-state index contributed by atoms with van der Waals surface area (Å²) in [6.45, 7) is 6.17. The van der Waals surface area contributed by atoms with Crippen LogP contribution in [-0.2, 0) is 4.79 Å². The van der Waals surface area contributed by atoms with E-state index in [0.717, 1.165) is 5.82 Å². The van der Waals surface area contributed by atoms with Crippen LogP contribution in [0.2, 0.25) is 0 Å². The molecule has 0 radical (unpaired) electrons. The predicted octanol–water partition coefficient (Wildman–Crippen LogP) is 1.03. The van der Waals surface area contributed by atoms with Gasteiger partial charge in [-0.1, -0.05) is 5.16 Å². The van der Waals surface area contributed by atoms with Crippen LogP contribution in [0.1, 0.15) is 23.1 Å². The van der Waals surface area contributed by atoms with E-state index in [1.54, 1.807) is 32.4 Å². The van der Waals surface area contributed by atoms with Crippen LogP contribution in [0.15, 0.2) is 23.1 Å². The number of hydrogen-bond acceptors (Lipinski definition) is 7. The number of piperazine rings is 1. The van der Waals surface area contributed by atoms with Crippen molar-refractivity contribution in [2.45, 2.75) is 19.9 Å². The quantitative estimate of drug-likeness (QED) is 0.893. The lowest BCUT2D eigenvalue weighted by Crippen LogP contribution is -2.49. The molecule has 0 aliphatic carbocycles. The van der Waals surface area contributed by atoms with Crippen LogP contribution in [0.25, 0.3) is 0 Å². The zero-order valence-corrected chi connectivity index (χ0v) is 13.1. The number of anilines is 1. The average Bonchev–Trinajstić information content (AvgIpc) is 2.89. The van der Waals surface area contributed by atoms with Crippen LogP contribution in [-0.4, -0.2) is 57.3 Å². The monoisotopic (exact) mass is 317 g/mol. The number of rotatable bonds is 4. The molecule has 1 fully saturated rings. The molecule has 122 valence electrons. The maximum Gasteiger partial charge on any atom is 0.325 e. The highest BCUT2D eigenvalue weighted by Gasteiger charge is 2.34. The van der Waals surface area contributed by atoms with Crippen molar-refractivity contribution >= 4 is 11.8 Å². The van der Waals surface area contributed by atoms with Crippen molar-refractivity contribution in [1.29, 1.82) is 0 Å². The Balaban J connectivity index is 1.76. The Morgan fingerprint density at radius 3 is 2.52 bits per heavy atom. The number of aromatic nitrogens is 3. The number of aryl methyl sites for hydroxylation is 2. The molecule has 0 amide bonds. The van der Waals surface area contributed by atoms with Gasteiger partial charge in [0.25, 0.3) is 0 Å². The second-order valence-corrected chi connectivity index (χ2v) is 5.57. The van der Waals surface area contributed by atoms with Gasteiger partial charge in [0.05, 0.1) is 11.9 Å². The first-order valence-corrected chi connectivity index (χ1v) is 7.48. The third-order valence-corrected chi connectivity index (χ3v) is 4.15. The van der Waals surface area contributed by atoms with Crippen molar-refractivity contribution in [3.63, 3.8) is 0 Å². The van der Waals surface area contributed by atoms with Crippen LogP contribution >= 0.6 is 0 Å². The summed E-state index contributed by atoms with van der Waals surface area (Å²) >= 11 is 0. The molecule has 3 heterocycles. The smallest absolute Gasteiger partial charge is 0.325 e. The molecule has 2 aromatic heterocycles. The van der Waals surface area contributed by atoms with Gasteiger partial charge in [-0.25, -0.2) is 4.98 Å². The third kappa shape index (κ3) is 3.02. The van der Waals surface area contributed by atoms with Crippen molar-refractivity contribution in [1.82, 2.24) is 20.0 Å². The third-order valence-electron chi connectivity index (χ3n) is 4.15. The van der Waals surface area contributed by atoms with Gasteiger partial charge in [0, 0.05) is 44.1 Å². The van der Waals surface area contributed by atoms with Crippen molar-refractivity contribution < 1.29 is 14.4 Å². The van der Waals surface area contributed by atoms with Gasteiger partial charge < -0.3 is 14.5 Å². The van der Waals surface area contributed by atoms with Gasteiger partial charge >= 0.3 is 5.97 Å². The highest BCUT2D eigenvalue weighted by atomic mass is 16.5. The van der Waals surface area contributed by atoms with Gasteiger partial charge in [0.1, 0.15) is 17.6 Å². The predicted molar refractivity (Wildman–Crippen MR) is 82.2 cm³/mol. The van der Waals surface area contributed by atoms with E-state index >= 15 is 0 Å². The second-order valence-electron chi connectivity index (χ2n) is 5.57. The summed E-state index contributed by atoms with van der Waals surface area (Å²) in [6, 6.07) is -0.731. The molecule has 0 bridgehead atoms. The van der Waals surface area contributed by atoms with E-state index in [9.17, 15) is 9.90 Å². The highest BCUT2D eigenvalue weighted by Crippen LogP contribution is 2.28.